The second kappa shape index (κ2) is 6.66. The van der Waals surface area contributed by atoms with E-state index in [0.29, 0.717) is 22.2 Å². The molecule has 5 nitrogen and oxygen atoms in total. The maximum atomic E-state index is 12.2. The molecule has 1 aromatic carbocycles. The van der Waals surface area contributed by atoms with Crippen LogP contribution in [0.4, 0.5) is 0 Å². The Hall–Kier alpha value is -2.70. The smallest absolute Gasteiger partial charge is 0.338 e. The van der Waals surface area contributed by atoms with Gasteiger partial charge in [-0.1, -0.05) is 22.8 Å². The summed E-state index contributed by atoms with van der Waals surface area (Å²) in [5, 5.41) is 7.12. The summed E-state index contributed by atoms with van der Waals surface area (Å²) in [5.74, 6) is 0.229. The molecule has 4 aromatic rings. The molecule has 0 spiro atoms. The van der Waals surface area contributed by atoms with Crippen LogP contribution in [0.25, 0.3) is 21.5 Å². The van der Waals surface area contributed by atoms with E-state index in [1.807, 2.05) is 23.6 Å². The third kappa shape index (κ3) is 3.40. The molecule has 0 aliphatic carbocycles. The van der Waals surface area contributed by atoms with E-state index in [0.717, 1.165) is 15.8 Å². The summed E-state index contributed by atoms with van der Waals surface area (Å²) in [6.45, 7) is 0.0462. The Labute approximate surface area is 151 Å². The van der Waals surface area contributed by atoms with Gasteiger partial charge in [-0.15, -0.1) is 11.3 Å². The van der Waals surface area contributed by atoms with Gasteiger partial charge in [-0.3, -0.25) is 0 Å². The minimum Gasteiger partial charge on any atom is -0.455 e. The minimum atomic E-state index is -0.433. The number of fused-ring (bicyclic) bond motifs is 1. The summed E-state index contributed by atoms with van der Waals surface area (Å²) in [6.07, 6.45) is 0. The number of pyridine rings is 1. The molecule has 0 radical (unpaired) electrons. The Morgan fingerprint density at radius 3 is 2.96 bits per heavy atom. The summed E-state index contributed by atoms with van der Waals surface area (Å²) in [7, 11) is 0. The monoisotopic (exact) mass is 370 g/mol. The molecule has 0 atom stereocenters. The van der Waals surface area contributed by atoms with Gasteiger partial charge in [0.2, 0.25) is 0 Å². The van der Waals surface area contributed by atoms with E-state index < -0.39 is 5.97 Å². The summed E-state index contributed by atoms with van der Waals surface area (Å²) < 4.78 is 10.6. The number of halogens is 1. The van der Waals surface area contributed by atoms with E-state index >= 15 is 0 Å². The number of rotatable bonds is 4. The fraction of sp³-hybridized carbons (Fsp3) is 0.0556. The molecule has 3 heterocycles. The number of benzene rings is 1. The molecule has 0 N–H and O–H groups in total. The molecular formula is C18H11ClN2O3S. The van der Waals surface area contributed by atoms with Crippen molar-refractivity contribution in [2.24, 2.45) is 0 Å². The highest BCUT2D eigenvalue weighted by atomic mass is 35.5. The Bertz CT molecular complexity index is 1040. The SMILES string of the molecule is O=C(OCc1cc(-c2cccs2)on1)c1ccc2nc(Cl)ccc2c1. The van der Waals surface area contributed by atoms with Gasteiger partial charge in [-0.2, -0.15) is 0 Å². The zero-order valence-corrected chi connectivity index (χ0v) is 14.4. The molecule has 0 saturated carbocycles. The predicted molar refractivity (Wildman–Crippen MR) is 95.7 cm³/mol. The number of hydrogen-bond acceptors (Lipinski definition) is 6. The Kier molecular flexibility index (Phi) is 4.21. The van der Waals surface area contributed by atoms with Crippen LogP contribution in [0.1, 0.15) is 16.1 Å². The van der Waals surface area contributed by atoms with Crippen LogP contribution >= 0.6 is 22.9 Å². The lowest BCUT2D eigenvalue weighted by Gasteiger charge is -2.04. The minimum absolute atomic E-state index is 0.0462. The van der Waals surface area contributed by atoms with E-state index in [2.05, 4.69) is 10.1 Å². The van der Waals surface area contributed by atoms with Crippen LogP contribution < -0.4 is 0 Å². The Morgan fingerprint density at radius 2 is 2.12 bits per heavy atom. The number of ether oxygens (including phenoxy) is 1. The molecular weight excluding hydrogens is 360 g/mol. The largest absolute Gasteiger partial charge is 0.455 e. The molecule has 4 rings (SSSR count). The van der Waals surface area contributed by atoms with Crippen molar-refractivity contribution in [3.63, 3.8) is 0 Å². The average Bonchev–Trinajstić information content (AvgIpc) is 3.30. The lowest BCUT2D eigenvalue weighted by molar-refractivity contribution is 0.0464. The van der Waals surface area contributed by atoms with Crippen molar-refractivity contribution in [1.82, 2.24) is 10.1 Å². The zero-order chi connectivity index (χ0) is 17.2. The number of esters is 1. The van der Waals surface area contributed by atoms with Gasteiger partial charge in [0.1, 0.15) is 17.5 Å². The van der Waals surface area contributed by atoms with Crippen molar-refractivity contribution in [3.05, 3.63) is 70.3 Å². The Balaban J connectivity index is 1.46. The first-order valence-corrected chi connectivity index (χ1v) is 8.68. The number of thiophene rings is 1. The van der Waals surface area contributed by atoms with Gasteiger partial charge in [-0.05, 0) is 41.8 Å². The third-order valence-electron chi connectivity index (χ3n) is 3.57. The predicted octanol–water partition coefficient (Wildman–Crippen LogP) is 4.96. The van der Waals surface area contributed by atoms with Crippen LogP contribution in [-0.4, -0.2) is 16.1 Å². The normalized spacial score (nSPS) is 10.9. The molecule has 0 unspecified atom stereocenters. The molecule has 0 bridgehead atoms. The summed E-state index contributed by atoms with van der Waals surface area (Å²) in [4.78, 5) is 17.4. The lowest BCUT2D eigenvalue weighted by Crippen LogP contribution is -2.05. The standard InChI is InChI=1S/C18H11ClN2O3S/c19-17-6-4-11-8-12(3-5-14(11)20-17)18(22)23-10-13-9-15(24-21-13)16-2-1-7-25-16/h1-9H,10H2. The van der Waals surface area contributed by atoms with Gasteiger partial charge in [0.25, 0.3) is 0 Å². The highest BCUT2D eigenvalue weighted by Gasteiger charge is 2.12. The van der Waals surface area contributed by atoms with Crippen molar-refractivity contribution in [2.45, 2.75) is 6.61 Å². The van der Waals surface area contributed by atoms with Gasteiger partial charge in [-0.25, -0.2) is 9.78 Å². The average molecular weight is 371 g/mol. The first-order chi connectivity index (χ1) is 12.2. The summed E-state index contributed by atoms with van der Waals surface area (Å²) >= 11 is 7.42. The second-order valence-corrected chi connectivity index (χ2v) is 6.61. The maximum Gasteiger partial charge on any atom is 0.338 e. The fourth-order valence-corrected chi connectivity index (χ4v) is 3.19. The molecule has 0 fully saturated rings. The zero-order valence-electron chi connectivity index (χ0n) is 12.8. The topological polar surface area (TPSA) is 65.2 Å². The van der Waals surface area contributed by atoms with E-state index in [1.165, 1.54) is 0 Å². The molecule has 0 saturated heterocycles. The molecule has 0 aliphatic heterocycles. The summed E-state index contributed by atoms with van der Waals surface area (Å²) in [6, 6.07) is 14.3. The van der Waals surface area contributed by atoms with Crippen molar-refractivity contribution < 1.29 is 14.1 Å². The van der Waals surface area contributed by atoms with Crippen LogP contribution in [0.5, 0.6) is 0 Å². The highest BCUT2D eigenvalue weighted by molar-refractivity contribution is 7.13. The van der Waals surface area contributed by atoms with Crippen molar-refractivity contribution in [2.75, 3.05) is 0 Å². The maximum absolute atomic E-state index is 12.2. The number of hydrogen-bond donors (Lipinski definition) is 0. The van der Waals surface area contributed by atoms with E-state index in [4.69, 9.17) is 20.9 Å². The van der Waals surface area contributed by atoms with E-state index in [-0.39, 0.29) is 6.61 Å². The first kappa shape index (κ1) is 15.8. The molecule has 25 heavy (non-hydrogen) atoms. The van der Waals surface area contributed by atoms with Crippen LogP contribution in [0.2, 0.25) is 5.15 Å². The van der Waals surface area contributed by atoms with Gasteiger partial charge in [0, 0.05) is 11.5 Å². The molecule has 7 heteroatoms. The van der Waals surface area contributed by atoms with Gasteiger partial charge >= 0.3 is 5.97 Å². The third-order valence-corrected chi connectivity index (χ3v) is 4.66. The van der Waals surface area contributed by atoms with Gasteiger partial charge < -0.3 is 9.26 Å². The number of nitrogens with zero attached hydrogens (tertiary/aromatic N) is 2. The van der Waals surface area contributed by atoms with E-state index in [9.17, 15) is 4.79 Å². The van der Waals surface area contributed by atoms with Crippen LogP contribution in [0.3, 0.4) is 0 Å². The van der Waals surface area contributed by atoms with Crippen molar-refractivity contribution in [3.8, 4) is 10.6 Å². The lowest BCUT2D eigenvalue weighted by atomic mass is 10.1. The molecule has 124 valence electrons. The van der Waals surface area contributed by atoms with Crippen molar-refractivity contribution >= 4 is 39.8 Å². The molecule has 0 amide bonds. The van der Waals surface area contributed by atoms with Crippen LogP contribution in [-0.2, 0) is 11.3 Å². The number of aromatic nitrogens is 2. The van der Waals surface area contributed by atoms with E-state index in [1.54, 1.807) is 41.7 Å². The van der Waals surface area contributed by atoms with Crippen molar-refractivity contribution in [1.29, 1.82) is 0 Å². The molecule has 0 aliphatic rings. The quantitative estimate of drug-likeness (QED) is 0.375. The fourth-order valence-electron chi connectivity index (χ4n) is 2.37. The summed E-state index contributed by atoms with van der Waals surface area (Å²) in [5.41, 5.74) is 1.73. The van der Waals surface area contributed by atoms with Crippen LogP contribution in [0, 0.1) is 0 Å². The first-order valence-electron chi connectivity index (χ1n) is 7.42. The second-order valence-electron chi connectivity index (χ2n) is 5.28. The Morgan fingerprint density at radius 1 is 1.20 bits per heavy atom. The number of carbonyl (C=O) groups excluding carboxylic acids is 1. The van der Waals surface area contributed by atoms with Crippen LogP contribution in [0.15, 0.2) is 58.4 Å². The van der Waals surface area contributed by atoms with Gasteiger partial charge in [0.05, 0.1) is 16.0 Å². The molecule has 3 aromatic heterocycles. The highest BCUT2D eigenvalue weighted by Crippen LogP contribution is 2.25. The van der Waals surface area contributed by atoms with Gasteiger partial charge in [0.15, 0.2) is 5.76 Å². The number of carbonyl (C=O) groups is 1.